The summed E-state index contributed by atoms with van der Waals surface area (Å²) in [6.45, 7) is 2.01. The first-order valence-electron chi connectivity index (χ1n) is 6.22. The molecule has 1 aliphatic rings. The van der Waals surface area contributed by atoms with E-state index in [1.807, 2.05) is 0 Å². The second-order valence-corrected chi connectivity index (χ2v) is 5.91. The molecule has 10 heteroatoms. The molecule has 1 saturated heterocycles. The molecule has 2 rings (SSSR count). The van der Waals surface area contributed by atoms with Crippen LogP contribution in [0.5, 0.6) is 0 Å². The Morgan fingerprint density at radius 3 is 2.90 bits per heavy atom. The van der Waals surface area contributed by atoms with Gasteiger partial charge < -0.3 is 24.7 Å². The van der Waals surface area contributed by atoms with E-state index < -0.39 is 16.9 Å². The van der Waals surface area contributed by atoms with Crippen LogP contribution in [0.3, 0.4) is 0 Å². The smallest absolute Gasteiger partial charge is 0.381 e. The van der Waals surface area contributed by atoms with E-state index in [2.05, 4.69) is 4.98 Å². The summed E-state index contributed by atoms with van der Waals surface area (Å²) < 4.78 is 1.44. The fourth-order valence-corrected chi connectivity index (χ4v) is 3.32. The fourth-order valence-electron chi connectivity index (χ4n) is 2.13. The van der Waals surface area contributed by atoms with E-state index in [9.17, 15) is 19.7 Å². The topological polar surface area (TPSA) is 119 Å². The van der Waals surface area contributed by atoms with E-state index in [4.69, 9.17) is 5.11 Å². The maximum absolute atomic E-state index is 12.2. The summed E-state index contributed by atoms with van der Waals surface area (Å²) in [5.74, 6) is -1.20. The van der Waals surface area contributed by atoms with Gasteiger partial charge in [0.1, 0.15) is 12.2 Å². The summed E-state index contributed by atoms with van der Waals surface area (Å²) in [4.78, 5) is 38.1. The number of aromatic nitrogens is 2. The van der Waals surface area contributed by atoms with Gasteiger partial charge >= 0.3 is 11.8 Å². The molecule has 1 aromatic heterocycles. The minimum atomic E-state index is -1.02. The molecule has 0 aliphatic carbocycles. The van der Waals surface area contributed by atoms with Crippen LogP contribution in [0.1, 0.15) is 13.3 Å². The van der Waals surface area contributed by atoms with Crippen LogP contribution in [0.4, 0.5) is 5.82 Å². The van der Waals surface area contributed by atoms with Gasteiger partial charge in [-0.2, -0.15) is 0 Å². The molecule has 0 saturated carbocycles. The lowest BCUT2D eigenvalue weighted by Gasteiger charge is -2.25. The number of carbonyl (C=O) groups is 2. The average molecular weight is 314 g/mol. The normalized spacial score (nSPS) is 21.5. The number of carboxylic acids is 1. The molecule has 1 amide bonds. The average Bonchev–Trinajstić information content (AvgIpc) is 3.02. The molecule has 1 N–H and O–H groups in total. The van der Waals surface area contributed by atoms with E-state index in [0.29, 0.717) is 5.75 Å². The number of nitro groups is 1. The van der Waals surface area contributed by atoms with Crippen molar-refractivity contribution in [2.75, 3.05) is 5.75 Å². The maximum atomic E-state index is 12.2. The minimum absolute atomic E-state index is 0.0716. The van der Waals surface area contributed by atoms with E-state index in [-0.39, 0.29) is 30.1 Å². The highest BCUT2D eigenvalue weighted by molar-refractivity contribution is 8.00. The molecule has 0 aromatic carbocycles. The monoisotopic (exact) mass is 314 g/mol. The molecular formula is C11H14N4O5S. The summed E-state index contributed by atoms with van der Waals surface area (Å²) in [6.07, 6.45) is 2.59. The molecule has 0 radical (unpaired) electrons. The Morgan fingerprint density at radius 1 is 1.62 bits per heavy atom. The highest BCUT2D eigenvalue weighted by Crippen LogP contribution is 2.29. The molecule has 1 aromatic rings. The van der Waals surface area contributed by atoms with Gasteiger partial charge in [0.2, 0.25) is 12.2 Å². The third kappa shape index (κ3) is 3.32. The summed E-state index contributed by atoms with van der Waals surface area (Å²) in [6, 6.07) is -0.811. The highest BCUT2D eigenvalue weighted by Gasteiger charge is 2.39. The van der Waals surface area contributed by atoms with Gasteiger partial charge in [0.25, 0.3) is 0 Å². The van der Waals surface area contributed by atoms with Crippen molar-refractivity contribution in [2.45, 2.75) is 31.3 Å². The van der Waals surface area contributed by atoms with E-state index in [1.165, 1.54) is 33.8 Å². The Hall–Kier alpha value is -2.10. The molecular weight excluding hydrogens is 300 g/mol. The Morgan fingerprint density at radius 2 is 2.33 bits per heavy atom. The number of imidazole rings is 1. The number of aryl methyl sites for hydroxylation is 1. The van der Waals surface area contributed by atoms with Crippen LogP contribution in [0.25, 0.3) is 0 Å². The van der Waals surface area contributed by atoms with E-state index >= 15 is 0 Å². The third-order valence-electron chi connectivity index (χ3n) is 3.19. The first kappa shape index (κ1) is 15.3. The van der Waals surface area contributed by atoms with Crippen molar-refractivity contribution < 1.29 is 19.6 Å². The molecule has 1 fully saturated rings. The number of hydrogen-bond acceptors (Lipinski definition) is 6. The summed E-state index contributed by atoms with van der Waals surface area (Å²) in [5, 5.41) is 19.4. The third-order valence-corrected chi connectivity index (χ3v) is 4.40. The molecule has 2 atom stereocenters. The standard InChI is InChI=1S/C11H14N4O5S/c1-7-14(8(5-21-7)11(17)18)10(16)2-3-13-4-9(12-6-13)15(19)20/h4,6-8H,2-3,5H2,1H3,(H,17,18). The number of hydrogen-bond donors (Lipinski definition) is 1. The van der Waals surface area contributed by atoms with Gasteiger partial charge in [0, 0.05) is 18.7 Å². The molecule has 2 heterocycles. The molecule has 114 valence electrons. The molecule has 0 bridgehead atoms. The quantitative estimate of drug-likeness (QED) is 0.623. The molecule has 21 heavy (non-hydrogen) atoms. The van der Waals surface area contributed by atoms with Crippen molar-refractivity contribution in [3.05, 3.63) is 22.6 Å². The Kier molecular flexibility index (Phi) is 4.46. The van der Waals surface area contributed by atoms with Crippen molar-refractivity contribution in [2.24, 2.45) is 0 Å². The van der Waals surface area contributed by atoms with Crippen LogP contribution < -0.4 is 0 Å². The summed E-state index contributed by atoms with van der Waals surface area (Å²) in [5.41, 5.74) is 0. The van der Waals surface area contributed by atoms with Crippen molar-refractivity contribution in [1.29, 1.82) is 0 Å². The van der Waals surface area contributed by atoms with Crippen molar-refractivity contribution in [3.8, 4) is 0 Å². The van der Waals surface area contributed by atoms with E-state index in [1.54, 1.807) is 6.92 Å². The number of amides is 1. The van der Waals surface area contributed by atoms with Gasteiger partial charge in [-0.05, 0) is 16.8 Å². The molecule has 1 aliphatic heterocycles. The summed E-state index contributed by atoms with van der Waals surface area (Å²) >= 11 is 1.42. The van der Waals surface area contributed by atoms with Gasteiger partial charge in [0.05, 0.1) is 5.37 Å². The lowest BCUT2D eigenvalue weighted by atomic mass is 10.2. The first-order valence-corrected chi connectivity index (χ1v) is 7.26. The zero-order valence-corrected chi connectivity index (χ0v) is 12.0. The Balaban J connectivity index is 1.97. The number of carbonyl (C=O) groups excluding carboxylic acids is 1. The van der Waals surface area contributed by atoms with Gasteiger partial charge in [-0.1, -0.05) is 0 Å². The maximum Gasteiger partial charge on any atom is 0.381 e. The van der Waals surface area contributed by atoms with Gasteiger partial charge in [-0.15, -0.1) is 11.8 Å². The second kappa shape index (κ2) is 6.12. The van der Waals surface area contributed by atoms with Gasteiger partial charge in [-0.3, -0.25) is 4.79 Å². The van der Waals surface area contributed by atoms with Crippen molar-refractivity contribution >= 4 is 29.5 Å². The predicted octanol–water partition coefficient (Wildman–Crippen LogP) is 0.556. The zero-order valence-electron chi connectivity index (χ0n) is 11.2. The van der Waals surface area contributed by atoms with Crippen LogP contribution in [0.2, 0.25) is 0 Å². The lowest BCUT2D eigenvalue weighted by Crippen LogP contribution is -2.45. The predicted molar refractivity (Wildman–Crippen MR) is 73.7 cm³/mol. The number of carboxylic acid groups (broad SMARTS) is 1. The van der Waals surface area contributed by atoms with Crippen LogP contribution in [0.15, 0.2) is 12.5 Å². The fraction of sp³-hybridized carbons (Fsp3) is 0.545. The zero-order chi connectivity index (χ0) is 15.6. The van der Waals surface area contributed by atoms with Gasteiger partial charge in [0.15, 0.2) is 0 Å². The number of rotatable bonds is 5. The van der Waals surface area contributed by atoms with Crippen molar-refractivity contribution in [3.63, 3.8) is 0 Å². The Bertz CT molecular complexity index is 575. The van der Waals surface area contributed by atoms with E-state index in [0.717, 1.165) is 0 Å². The Labute approximate surface area is 124 Å². The highest BCUT2D eigenvalue weighted by atomic mass is 32.2. The van der Waals surface area contributed by atoms with Crippen LogP contribution >= 0.6 is 11.8 Å². The van der Waals surface area contributed by atoms with Gasteiger partial charge in [-0.25, -0.2) is 4.79 Å². The first-order chi connectivity index (χ1) is 9.90. The van der Waals surface area contributed by atoms with Crippen molar-refractivity contribution in [1.82, 2.24) is 14.5 Å². The van der Waals surface area contributed by atoms with Crippen LogP contribution in [-0.4, -0.2) is 53.5 Å². The number of aliphatic carboxylic acids is 1. The largest absolute Gasteiger partial charge is 0.480 e. The lowest BCUT2D eigenvalue weighted by molar-refractivity contribution is -0.389. The molecule has 9 nitrogen and oxygen atoms in total. The van der Waals surface area contributed by atoms with Crippen LogP contribution in [-0.2, 0) is 16.1 Å². The molecule has 0 spiro atoms. The molecule has 2 unspecified atom stereocenters. The number of thioether (sulfide) groups is 1. The minimum Gasteiger partial charge on any atom is -0.480 e. The SMILES string of the molecule is CC1SCC(C(=O)O)N1C(=O)CCn1cnc([N+](=O)[O-])c1. The summed E-state index contributed by atoms with van der Waals surface area (Å²) in [7, 11) is 0. The second-order valence-electron chi connectivity index (χ2n) is 4.56. The number of nitrogens with zero attached hydrogens (tertiary/aromatic N) is 4. The van der Waals surface area contributed by atoms with Crippen LogP contribution in [0, 0.1) is 10.1 Å².